The van der Waals surface area contributed by atoms with E-state index < -0.39 is 65.0 Å². The van der Waals surface area contributed by atoms with Crippen molar-refractivity contribution in [1.82, 2.24) is 15.1 Å². The van der Waals surface area contributed by atoms with E-state index in [0.29, 0.717) is 48.9 Å². The SMILES string of the molecule is Cc1cc(F)ccc1[C@H]1C[C@]2(CC[C@H](C(=O)O)N2)CCN1C(=O)N(C)[C@H](C)c1cc(C(F)(F)F)cc(C(F)(F)F)c1. The number of nitrogens with zero attached hydrogens (tertiary/aromatic N) is 2. The summed E-state index contributed by atoms with van der Waals surface area (Å²) in [6.45, 7) is 3.14. The van der Waals surface area contributed by atoms with E-state index >= 15 is 0 Å². The number of hydrogen-bond acceptors (Lipinski definition) is 3. The molecule has 2 aromatic rings. The van der Waals surface area contributed by atoms with Crippen molar-refractivity contribution in [3.8, 4) is 0 Å². The van der Waals surface area contributed by atoms with Gasteiger partial charge in [-0.05, 0) is 86.6 Å². The lowest BCUT2D eigenvalue weighted by Gasteiger charge is -2.47. The van der Waals surface area contributed by atoms with Crippen molar-refractivity contribution in [3.05, 3.63) is 70.0 Å². The number of benzene rings is 2. The Kier molecular flexibility index (Phi) is 8.07. The largest absolute Gasteiger partial charge is 0.480 e. The number of rotatable bonds is 4. The molecule has 0 saturated carbocycles. The number of carbonyl (C=O) groups excluding carboxylic acids is 1. The Morgan fingerprint density at radius 1 is 1.05 bits per heavy atom. The molecule has 0 unspecified atom stereocenters. The second kappa shape index (κ2) is 10.8. The Morgan fingerprint density at radius 2 is 1.66 bits per heavy atom. The highest BCUT2D eigenvalue weighted by Crippen LogP contribution is 2.44. The molecule has 2 N–H and O–H groups in total. The van der Waals surface area contributed by atoms with Crippen LogP contribution in [0, 0.1) is 12.7 Å². The minimum atomic E-state index is -5.03. The van der Waals surface area contributed by atoms with Gasteiger partial charge in [0.25, 0.3) is 0 Å². The lowest BCUT2D eigenvalue weighted by Crippen LogP contribution is -2.56. The first-order valence-electron chi connectivity index (χ1n) is 13.0. The van der Waals surface area contributed by atoms with Crippen molar-refractivity contribution >= 4 is 12.0 Å². The zero-order chi connectivity index (χ0) is 30.5. The number of piperidine rings is 1. The number of carboxylic acid groups (broad SMARTS) is 1. The van der Waals surface area contributed by atoms with E-state index in [4.69, 9.17) is 0 Å². The van der Waals surface area contributed by atoms with Crippen molar-refractivity contribution in [2.24, 2.45) is 0 Å². The average Bonchev–Trinajstić information content (AvgIpc) is 3.29. The third-order valence-electron chi connectivity index (χ3n) is 8.29. The number of alkyl halides is 6. The number of urea groups is 1. The topological polar surface area (TPSA) is 72.9 Å². The maximum Gasteiger partial charge on any atom is 0.416 e. The summed E-state index contributed by atoms with van der Waals surface area (Å²) in [5.74, 6) is -1.49. The lowest BCUT2D eigenvalue weighted by molar-refractivity contribution is -0.143. The van der Waals surface area contributed by atoms with Crippen molar-refractivity contribution in [1.29, 1.82) is 0 Å². The van der Waals surface area contributed by atoms with Gasteiger partial charge in [-0.25, -0.2) is 9.18 Å². The first-order chi connectivity index (χ1) is 18.9. The molecule has 0 radical (unpaired) electrons. The van der Waals surface area contributed by atoms with Crippen LogP contribution in [0.25, 0.3) is 0 Å². The zero-order valence-electron chi connectivity index (χ0n) is 22.5. The number of amides is 2. The van der Waals surface area contributed by atoms with Gasteiger partial charge in [-0.15, -0.1) is 0 Å². The Labute approximate surface area is 232 Å². The summed E-state index contributed by atoms with van der Waals surface area (Å²) in [6.07, 6.45) is -8.49. The maximum absolute atomic E-state index is 13.9. The molecule has 2 heterocycles. The van der Waals surface area contributed by atoms with Gasteiger partial charge in [-0.3, -0.25) is 10.1 Å². The number of aryl methyl sites for hydroxylation is 1. The third-order valence-corrected chi connectivity index (χ3v) is 8.29. The molecule has 4 atom stereocenters. The minimum absolute atomic E-state index is 0.0362. The maximum atomic E-state index is 13.9. The van der Waals surface area contributed by atoms with E-state index in [0.717, 1.165) is 4.90 Å². The molecule has 2 fully saturated rings. The molecule has 41 heavy (non-hydrogen) atoms. The van der Waals surface area contributed by atoms with Crippen LogP contribution in [0.15, 0.2) is 36.4 Å². The van der Waals surface area contributed by atoms with Crippen LogP contribution in [-0.2, 0) is 17.1 Å². The van der Waals surface area contributed by atoms with Gasteiger partial charge in [0.1, 0.15) is 11.9 Å². The molecule has 2 aliphatic rings. The van der Waals surface area contributed by atoms with Crippen molar-refractivity contribution in [3.63, 3.8) is 0 Å². The molecular weight excluding hydrogens is 559 g/mol. The Morgan fingerprint density at radius 3 is 2.17 bits per heavy atom. The van der Waals surface area contributed by atoms with Gasteiger partial charge < -0.3 is 14.9 Å². The molecule has 0 aliphatic carbocycles. The van der Waals surface area contributed by atoms with E-state index in [2.05, 4.69) is 5.32 Å². The van der Waals surface area contributed by atoms with Gasteiger partial charge >= 0.3 is 24.4 Å². The van der Waals surface area contributed by atoms with Gasteiger partial charge in [-0.2, -0.15) is 26.3 Å². The number of hydrogen-bond donors (Lipinski definition) is 2. The average molecular weight is 590 g/mol. The number of likely N-dealkylation sites (tertiary alicyclic amines) is 1. The van der Waals surface area contributed by atoms with Crippen LogP contribution >= 0.6 is 0 Å². The van der Waals surface area contributed by atoms with Crippen molar-refractivity contribution in [2.45, 2.75) is 75.5 Å². The van der Waals surface area contributed by atoms with Gasteiger partial charge in [-0.1, -0.05) is 6.07 Å². The summed E-state index contributed by atoms with van der Waals surface area (Å²) < 4.78 is 94.6. The predicted molar refractivity (Wildman–Crippen MR) is 134 cm³/mol. The fourth-order valence-electron chi connectivity index (χ4n) is 5.88. The summed E-state index contributed by atoms with van der Waals surface area (Å²) in [5.41, 5.74) is -2.75. The summed E-state index contributed by atoms with van der Waals surface area (Å²) >= 11 is 0. The van der Waals surface area contributed by atoms with Crippen LogP contribution in [0.1, 0.15) is 72.5 Å². The van der Waals surface area contributed by atoms with Gasteiger partial charge in [0, 0.05) is 19.1 Å². The molecule has 13 heteroatoms. The van der Waals surface area contributed by atoms with E-state index in [9.17, 15) is 45.4 Å². The van der Waals surface area contributed by atoms with Crippen molar-refractivity contribution in [2.75, 3.05) is 13.6 Å². The second-order valence-electron chi connectivity index (χ2n) is 10.9. The molecule has 2 aromatic carbocycles. The molecular formula is C28H30F7N3O3. The summed E-state index contributed by atoms with van der Waals surface area (Å²) in [6, 6.07) is 2.08. The first-order valence-corrected chi connectivity index (χ1v) is 13.0. The lowest BCUT2D eigenvalue weighted by atomic mass is 9.79. The molecule has 0 bridgehead atoms. The molecule has 6 nitrogen and oxygen atoms in total. The Hall–Kier alpha value is -3.35. The predicted octanol–water partition coefficient (Wildman–Crippen LogP) is 6.70. The van der Waals surface area contributed by atoms with Crippen LogP contribution in [0.2, 0.25) is 0 Å². The van der Waals surface area contributed by atoms with Crippen LogP contribution in [0.3, 0.4) is 0 Å². The number of halogens is 7. The fraction of sp³-hybridized carbons (Fsp3) is 0.500. The standard InChI is InChI=1S/C28H30F7N3O3/c1-15-10-20(29)4-5-21(15)23-14-26(7-6-22(36-26)24(39)40)8-9-38(23)25(41)37(3)16(2)17-11-18(27(30,31)32)13-19(12-17)28(33,34)35/h4-5,10-13,16,22-23,36H,6-9,14H2,1-3H3,(H,39,40)/t16-,22-,23-,26+/m1/s1. The summed E-state index contributed by atoms with van der Waals surface area (Å²) in [7, 11) is 1.30. The second-order valence-corrected chi connectivity index (χ2v) is 10.9. The Bertz CT molecular complexity index is 1300. The smallest absolute Gasteiger partial charge is 0.416 e. The van der Waals surface area contributed by atoms with E-state index in [1.807, 2.05) is 0 Å². The molecule has 1 spiro atoms. The van der Waals surface area contributed by atoms with E-state index in [1.54, 1.807) is 6.92 Å². The first kappa shape index (κ1) is 30.6. The highest BCUT2D eigenvalue weighted by atomic mass is 19.4. The zero-order valence-corrected chi connectivity index (χ0v) is 22.5. The Balaban J connectivity index is 1.68. The number of carbonyl (C=O) groups is 2. The highest BCUT2D eigenvalue weighted by molar-refractivity contribution is 5.76. The molecule has 2 aliphatic heterocycles. The van der Waals surface area contributed by atoms with Crippen LogP contribution in [0.4, 0.5) is 35.5 Å². The summed E-state index contributed by atoms with van der Waals surface area (Å²) in [5, 5.41) is 12.7. The monoisotopic (exact) mass is 589 g/mol. The molecule has 224 valence electrons. The normalized spacial score (nSPS) is 24.0. The summed E-state index contributed by atoms with van der Waals surface area (Å²) in [4.78, 5) is 28.0. The van der Waals surface area contributed by atoms with Gasteiger partial charge in [0.05, 0.1) is 23.2 Å². The van der Waals surface area contributed by atoms with Gasteiger partial charge in [0.15, 0.2) is 0 Å². The number of aliphatic carboxylic acids is 1. The van der Waals surface area contributed by atoms with Crippen LogP contribution in [-0.4, -0.2) is 52.1 Å². The van der Waals surface area contributed by atoms with Crippen LogP contribution < -0.4 is 5.32 Å². The number of carboxylic acids is 1. The van der Waals surface area contributed by atoms with E-state index in [-0.39, 0.29) is 18.2 Å². The molecule has 2 amide bonds. The molecule has 4 rings (SSSR count). The third kappa shape index (κ3) is 6.29. The quantitative estimate of drug-likeness (QED) is 0.390. The van der Waals surface area contributed by atoms with Crippen LogP contribution in [0.5, 0.6) is 0 Å². The highest BCUT2D eigenvalue weighted by Gasteiger charge is 2.48. The molecule has 2 saturated heterocycles. The fourth-order valence-corrected chi connectivity index (χ4v) is 5.88. The van der Waals surface area contributed by atoms with Gasteiger partial charge in [0.2, 0.25) is 0 Å². The van der Waals surface area contributed by atoms with E-state index in [1.165, 1.54) is 37.1 Å². The number of nitrogens with one attached hydrogen (secondary N) is 1. The minimum Gasteiger partial charge on any atom is -0.480 e. The molecule has 0 aromatic heterocycles. The van der Waals surface area contributed by atoms with Crippen molar-refractivity contribution < 1.29 is 45.4 Å².